The lowest BCUT2D eigenvalue weighted by molar-refractivity contribution is -0.121. The smallest absolute Gasteiger partial charge is 0.233 e. The summed E-state index contributed by atoms with van der Waals surface area (Å²) in [6.07, 6.45) is 1.77. The van der Waals surface area contributed by atoms with Gasteiger partial charge in [0.25, 0.3) is 0 Å². The lowest BCUT2D eigenvalue weighted by atomic mass is 10.2. The van der Waals surface area contributed by atoms with Crippen molar-refractivity contribution in [2.75, 3.05) is 0 Å². The van der Waals surface area contributed by atoms with Gasteiger partial charge in [-0.3, -0.25) is 4.79 Å². The lowest BCUT2D eigenvalue weighted by Crippen LogP contribution is -2.38. The number of amides is 1. The van der Waals surface area contributed by atoms with Gasteiger partial charge in [0.2, 0.25) is 5.91 Å². The molecule has 0 bridgehead atoms. The van der Waals surface area contributed by atoms with Crippen LogP contribution in [0.15, 0.2) is 29.2 Å². The minimum atomic E-state index is -0.0415. The van der Waals surface area contributed by atoms with Crippen molar-refractivity contribution in [2.24, 2.45) is 0 Å². The second kappa shape index (κ2) is 7.70. The summed E-state index contributed by atoms with van der Waals surface area (Å²) in [6.45, 7) is 6.12. The highest BCUT2D eigenvalue weighted by Crippen LogP contribution is 2.26. The number of carbonyl (C=O) groups is 1. The average Bonchev–Trinajstić information content (AvgIpc) is 2.37. The van der Waals surface area contributed by atoms with Crippen molar-refractivity contribution in [2.45, 2.75) is 49.8 Å². The number of nitrogens with one attached hydrogen (secondary N) is 1. The molecule has 1 aromatic rings. The average molecular weight is 286 g/mol. The fourth-order valence-electron chi connectivity index (χ4n) is 1.44. The molecule has 0 saturated heterocycles. The van der Waals surface area contributed by atoms with Crippen molar-refractivity contribution in [3.05, 3.63) is 29.3 Å². The molecular formula is C14H20ClNOS. The van der Waals surface area contributed by atoms with Gasteiger partial charge in [-0.25, -0.2) is 0 Å². The first kappa shape index (κ1) is 15.4. The molecular weight excluding hydrogens is 266 g/mol. The summed E-state index contributed by atoms with van der Waals surface area (Å²) in [5.41, 5.74) is 0. The van der Waals surface area contributed by atoms with E-state index in [1.54, 1.807) is 11.8 Å². The standard InChI is InChI=1S/C14H20ClNOS/c1-4-10(3)16-14(17)13(5-2)18-12-8-6-11(15)7-9-12/h6-10,13H,4-5H2,1-3H3,(H,16,17)/t10-,13-/m0/s1. The summed E-state index contributed by atoms with van der Waals surface area (Å²) < 4.78 is 0. The third-order valence-electron chi connectivity index (χ3n) is 2.76. The van der Waals surface area contributed by atoms with Gasteiger partial charge in [-0.05, 0) is 44.0 Å². The normalized spacial score (nSPS) is 14.0. The molecule has 0 heterocycles. The number of rotatable bonds is 6. The van der Waals surface area contributed by atoms with E-state index in [2.05, 4.69) is 12.2 Å². The zero-order valence-electron chi connectivity index (χ0n) is 11.1. The molecule has 1 rings (SSSR count). The Hall–Kier alpha value is -0.670. The number of hydrogen-bond donors (Lipinski definition) is 1. The highest BCUT2D eigenvalue weighted by Gasteiger charge is 2.18. The molecule has 18 heavy (non-hydrogen) atoms. The number of thioether (sulfide) groups is 1. The summed E-state index contributed by atoms with van der Waals surface area (Å²) in [7, 11) is 0. The zero-order chi connectivity index (χ0) is 13.5. The van der Waals surface area contributed by atoms with Crippen molar-refractivity contribution in [3.63, 3.8) is 0 Å². The minimum Gasteiger partial charge on any atom is -0.353 e. The predicted octanol–water partition coefficient (Wildman–Crippen LogP) is 4.13. The first-order valence-corrected chi connectivity index (χ1v) is 7.55. The van der Waals surface area contributed by atoms with Crippen LogP contribution in [0, 0.1) is 0 Å². The Labute approximate surface area is 118 Å². The number of benzene rings is 1. The summed E-state index contributed by atoms with van der Waals surface area (Å²) in [6, 6.07) is 7.84. The molecule has 1 amide bonds. The van der Waals surface area contributed by atoms with Crippen molar-refractivity contribution in [3.8, 4) is 0 Å². The van der Waals surface area contributed by atoms with Crippen LogP contribution in [0.4, 0.5) is 0 Å². The first-order chi connectivity index (χ1) is 8.56. The Morgan fingerprint density at radius 2 is 1.89 bits per heavy atom. The Balaban J connectivity index is 2.61. The van der Waals surface area contributed by atoms with Crippen LogP contribution < -0.4 is 5.32 Å². The first-order valence-electron chi connectivity index (χ1n) is 6.29. The van der Waals surface area contributed by atoms with Gasteiger partial charge in [-0.2, -0.15) is 0 Å². The lowest BCUT2D eigenvalue weighted by Gasteiger charge is -2.18. The monoisotopic (exact) mass is 285 g/mol. The van der Waals surface area contributed by atoms with Crippen LogP contribution >= 0.6 is 23.4 Å². The summed E-state index contributed by atoms with van der Waals surface area (Å²) in [5, 5.41) is 3.70. The third kappa shape index (κ3) is 4.91. The van der Waals surface area contributed by atoms with Crippen molar-refractivity contribution >= 4 is 29.3 Å². The fourth-order valence-corrected chi connectivity index (χ4v) is 2.53. The molecule has 0 saturated carbocycles. The van der Waals surface area contributed by atoms with Gasteiger partial charge >= 0.3 is 0 Å². The Morgan fingerprint density at radius 1 is 1.28 bits per heavy atom. The fraction of sp³-hybridized carbons (Fsp3) is 0.500. The maximum absolute atomic E-state index is 12.1. The number of carbonyl (C=O) groups excluding carboxylic acids is 1. The van der Waals surface area contributed by atoms with Gasteiger partial charge in [0.1, 0.15) is 0 Å². The Kier molecular flexibility index (Phi) is 6.58. The molecule has 2 atom stereocenters. The van der Waals surface area contributed by atoms with Crippen molar-refractivity contribution < 1.29 is 4.79 Å². The summed E-state index contributed by atoms with van der Waals surface area (Å²) >= 11 is 7.43. The van der Waals surface area contributed by atoms with E-state index in [1.807, 2.05) is 38.1 Å². The molecule has 0 fully saturated rings. The molecule has 0 radical (unpaired) electrons. The van der Waals surface area contributed by atoms with Crippen LogP contribution in [0.5, 0.6) is 0 Å². The van der Waals surface area contributed by atoms with Crippen LogP contribution in [0.25, 0.3) is 0 Å². The largest absolute Gasteiger partial charge is 0.353 e. The molecule has 2 nitrogen and oxygen atoms in total. The van der Waals surface area contributed by atoms with Gasteiger partial charge < -0.3 is 5.32 Å². The maximum Gasteiger partial charge on any atom is 0.233 e. The van der Waals surface area contributed by atoms with Crippen LogP contribution in [0.3, 0.4) is 0 Å². The highest BCUT2D eigenvalue weighted by atomic mass is 35.5. The van der Waals surface area contributed by atoms with Crippen molar-refractivity contribution in [1.29, 1.82) is 0 Å². The second-order valence-electron chi connectivity index (χ2n) is 4.29. The Morgan fingerprint density at radius 3 is 2.39 bits per heavy atom. The zero-order valence-corrected chi connectivity index (χ0v) is 12.6. The summed E-state index contributed by atoms with van der Waals surface area (Å²) in [4.78, 5) is 13.1. The predicted molar refractivity (Wildman–Crippen MR) is 79.3 cm³/mol. The van der Waals surface area contributed by atoms with E-state index in [0.29, 0.717) is 0 Å². The Bertz CT molecular complexity index is 380. The van der Waals surface area contributed by atoms with Gasteiger partial charge in [0, 0.05) is 16.0 Å². The topological polar surface area (TPSA) is 29.1 Å². The van der Waals surface area contributed by atoms with Crippen molar-refractivity contribution in [1.82, 2.24) is 5.32 Å². The molecule has 0 aliphatic rings. The van der Waals surface area contributed by atoms with E-state index in [-0.39, 0.29) is 17.2 Å². The van der Waals surface area contributed by atoms with Gasteiger partial charge in [0.15, 0.2) is 0 Å². The van der Waals surface area contributed by atoms with E-state index >= 15 is 0 Å². The van der Waals surface area contributed by atoms with Gasteiger partial charge in [-0.15, -0.1) is 11.8 Å². The van der Waals surface area contributed by atoms with Crippen LogP contribution in [0.1, 0.15) is 33.6 Å². The molecule has 100 valence electrons. The number of hydrogen-bond acceptors (Lipinski definition) is 2. The van der Waals surface area contributed by atoms with Crippen LogP contribution in [-0.4, -0.2) is 17.2 Å². The molecule has 1 N–H and O–H groups in total. The maximum atomic E-state index is 12.1. The van der Waals surface area contributed by atoms with Gasteiger partial charge in [-0.1, -0.05) is 25.4 Å². The molecule has 0 unspecified atom stereocenters. The molecule has 0 spiro atoms. The van der Waals surface area contributed by atoms with E-state index in [0.717, 1.165) is 22.8 Å². The van der Waals surface area contributed by atoms with Gasteiger partial charge in [0.05, 0.1) is 5.25 Å². The van der Waals surface area contributed by atoms with Crippen LogP contribution in [0.2, 0.25) is 5.02 Å². The van der Waals surface area contributed by atoms with Crippen LogP contribution in [-0.2, 0) is 4.79 Å². The highest BCUT2D eigenvalue weighted by molar-refractivity contribution is 8.00. The molecule has 4 heteroatoms. The van der Waals surface area contributed by atoms with E-state index < -0.39 is 0 Å². The van der Waals surface area contributed by atoms with E-state index in [9.17, 15) is 4.79 Å². The minimum absolute atomic E-state index is 0.0415. The SMILES string of the molecule is CC[C@H](Sc1ccc(Cl)cc1)C(=O)N[C@@H](C)CC. The molecule has 1 aromatic carbocycles. The molecule has 0 aliphatic heterocycles. The van der Waals surface area contributed by atoms with E-state index in [1.165, 1.54) is 0 Å². The molecule has 0 aliphatic carbocycles. The quantitative estimate of drug-likeness (QED) is 0.797. The second-order valence-corrected chi connectivity index (χ2v) is 6.00. The molecule has 0 aromatic heterocycles. The third-order valence-corrected chi connectivity index (χ3v) is 4.38. The number of halogens is 1. The van der Waals surface area contributed by atoms with E-state index in [4.69, 9.17) is 11.6 Å². The summed E-state index contributed by atoms with van der Waals surface area (Å²) in [5.74, 6) is 0.117.